The van der Waals surface area contributed by atoms with Crippen LogP contribution in [0, 0.1) is 20.8 Å². The van der Waals surface area contributed by atoms with Crippen molar-refractivity contribution < 1.29 is 4.74 Å². The van der Waals surface area contributed by atoms with Crippen LogP contribution in [0.3, 0.4) is 0 Å². The maximum absolute atomic E-state index is 5.79. The van der Waals surface area contributed by atoms with E-state index in [-0.39, 0.29) is 0 Å². The van der Waals surface area contributed by atoms with E-state index in [1.165, 1.54) is 0 Å². The van der Waals surface area contributed by atoms with Gasteiger partial charge in [0.25, 0.3) is 0 Å². The summed E-state index contributed by atoms with van der Waals surface area (Å²) in [6.45, 7) is 7.37. The number of rotatable bonds is 5. The van der Waals surface area contributed by atoms with Crippen LogP contribution in [0.15, 0.2) is 30.3 Å². The molecule has 1 heterocycles. The van der Waals surface area contributed by atoms with Crippen LogP contribution >= 0.6 is 0 Å². The Kier molecular flexibility index (Phi) is 4.56. The minimum atomic E-state index is 0.609. The highest BCUT2D eigenvalue weighted by Crippen LogP contribution is 2.16. The monoisotopic (exact) mass is 271 g/mol. The Morgan fingerprint density at radius 2 is 1.70 bits per heavy atom. The smallest absolute Gasteiger partial charge is 0.225 e. The van der Waals surface area contributed by atoms with E-state index >= 15 is 0 Å². The van der Waals surface area contributed by atoms with Gasteiger partial charge in [0.1, 0.15) is 12.4 Å². The average molecular weight is 271 g/mol. The molecule has 0 atom stereocenters. The lowest BCUT2D eigenvalue weighted by atomic mass is 10.2. The molecule has 0 spiro atoms. The van der Waals surface area contributed by atoms with Gasteiger partial charge in [-0.05, 0) is 38.5 Å². The summed E-state index contributed by atoms with van der Waals surface area (Å²) in [4.78, 5) is 10.9. The molecule has 2 rings (SSSR count). The number of aromatic nitrogens is 2. The van der Waals surface area contributed by atoms with Crippen molar-refractivity contribution in [2.75, 3.05) is 25.1 Å². The van der Waals surface area contributed by atoms with Crippen LogP contribution in [-0.2, 0) is 0 Å². The molecule has 0 N–H and O–H groups in total. The molecule has 0 aliphatic heterocycles. The summed E-state index contributed by atoms with van der Waals surface area (Å²) in [7, 11) is 1.98. The summed E-state index contributed by atoms with van der Waals surface area (Å²) < 4.78 is 5.79. The topological polar surface area (TPSA) is 38.2 Å². The summed E-state index contributed by atoms with van der Waals surface area (Å²) in [6, 6.07) is 10.0. The van der Waals surface area contributed by atoms with Gasteiger partial charge >= 0.3 is 0 Å². The molecule has 1 aromatic heterocycles. The molecule has 0 amide bonds. The van der Waals surface area contributed by atoms with Crippen molar-refractivity contribution in [3.63, 3.8) is 0 Å². The SMILES string of the molecule is Cc1cc(C)nc(N(C)CCOc2ccccc2C)n1. The highest BCUT2D eigenvalue weighted by Gasteiger charge is 2.06. The first-order valence-electron chi connectivity index (χ1n) is 6.78. The highest BCUT2D eigenvalue weighted by atomic mass is 16.5. The lowest BCUT2D eigenvalue weighted by Crippen LogP contribution is -2.26. The van der Waals surface area contributed by atoms with Crippen molar-refractivity contribution in [2.45, 2.75) is 20.8 Å². The molecule has 1 aromatic carbocycles. The number of hydrogen-bond donors (Lipinski definition) is 0. The maximum atomic E-state index is 5.79. The predicted octanol–water partition coefficient (Wildman–Crippen LogP) is 2.92. The minimum absolute atomic E-state index is 0.609. The molecule has 2 aromatic rings. The maximum Gasteiger partial charge on any atom is 0.225 e. The molecular formula is C16H21N3O. The van der Waals surface area contributed by atoms with Crippen molar-refractivity contribution in [2.24, 2.45) is 0 Å². The molecule has 20 heavy (non-hydrogen) atoms. The third-order valence-corrected chi connectivity index (χ3v) is 3.09. The number of hydrogen-bond acceptors (Lipinski definition) is 4. The van der Waals surface area contributed by atoms with Crippen molar-refractivity contribution in [1.82, 2.24) is 9.97 Å². The Balaban J connectivity index is 1.92. The second kappa shape index (κ2) is 6.37. The van der Waals surface area contributed by atoms with Gasteiger partial charge in [0.05, 0.1) is 6.54 Å². The number of para-hydroxylation sites is 1. The number of ether oxygens (including phenoxy) is 1. The summed E-state index contributed by atoms with van der Waals surface area (Å²) in [5.74, 6) is 1.68. The highest BCUT2D eigenvalue weighted by molar-refractivity contribution is 5.33. The predicted molar refractivity (Wildman–Crippen MR) is 81.5 cm³/mol. The first-order chi connectivity index (χ1) is 9.56. The molecule has 0 fully saturated rings. The van der Waals surface area contributed by atoms with Crippen LogP contribution in [0.1, 0.15) is 17.0 Å². The van der Waals surface area contributed by atoms with Gasteiger partial charge in [0.2, 0.25) is 5.95 Å². The number of aryl methyl sites for hydroxylation is 3. The molecule has 0 aliphatic rings. The summed E-state index contributed by atoms with van der Waals surface area (Å²) in [5, 5.41) is 0. The molecule has 4 heteroatoms. The first kappa shape index (κ1) is 14.3. The third-order valence-electron chi connectivity index (χ3n) is 3.09. The third kappa shape index (κ3) is 3.70. The number of nitrogens with zero attached hydrogens (tertiary/aromatic N) is 3. The lowest BCUT2D eigenvalue weighted by molar-refractivity contribution is 0.323. The Labute approximate surface area is 120 Å². The van der Waals surface area contributed by atoms with Gasteiger partial charge in [0.15, 0.2) is 0 Å². The normalized spacial score (nSPS) is 10.4. The summed E-state index contributed by atoms with van der Waals surface area (Å²) in [6.07, 6.45) is 0. The van der Waals surface area contributed by atoms with Crippen LogP contribution in [-0.4, -0.2) is 30.2 Å². The zero-order valence-corrected chi connectivity index (χ0v) is 12.6. The van der Waals surface area contributed by atoms with Gasteiger partial charge < -0.3 is 9.64 Å². The van der Waals surface area contributed by atoms with Gasteiger partial charge in [0, 0.05) is 18.4 Å². The van der Waals surface area contributed by atoms with Crippen LogP contribution < -0.4 is 9.64 Å². The van der Waals surface area contributed by atoms with Gasteiger partial charge in [-0.25, -0.2) is 9.97 Å². The fraction of sp³-hybridized carbons (Fsp3) is 0.375. The Morgan fingerprint density at radius 3 is 2.35 bits per heavy atom. The molecule has 0 radical (unpaired) electrons. The quantitative estimate of drug-likeness (QED) is 0.838. The molecule has 0 saturated heterocycles. The molecule has 0 saturated carbocycles. The van der Waals surface area contributed by atoms with Crippen molar-refractivity contribution >= 4 is 5.95 Å². The van der Waals surface area contributed by atoms with Crippen molar-refractivity contribution in [1.29, 1.82) is 0 Å². The van der Waals surface area contributed by atoms with Crippen LogP contribution in [0.5, 0.6) is 5.75 Å². The van der Waals surface area contributed by atoms with E-state index in [0.717, 1.165) is 35.2 Å². The fourth-order valence-corrected chi connectivity index (χ4v) is 1.99. The van der Waals surface area contributed by atoms with E-state index in [9.17, 15) is 0 Å². The molecule has 106 valence electrons. The first-order valence-corrected chi connectivity index (χ1v) is 6.78. The fourth-order valence-electron chi connectivity index (χ4n) is 1.99. The van der Waals surface area contributed by atoms with E-state index in [0.29, 0.717) is 6.61 Å². The number of likely N-dealkylation sites (N-methyl/N-ethyl adjacent to an activating group) is 1. The van der Waals surface area contributed by atoms with Gasteiger partial charge in [-0.3, -0.25) is 0 Å². The van der Waals surface area contributed by atoms with Crippen LogP contribution in [0.25, 0.3) is 0 Å². The average Bonchev–Trinajstić information content (AvgIpc) is 2.39. The molecule has 0 unspecified atom stereocenters. The Morgan fingerprint density at radius 1 is 1.05 bits per heavy atom. The number of anilines is 1. The lowest BCUT2D eigenvalue weighted by Gasteiger charge is -2.18. The van der Waals surface area contributed by atoms with E-state index < -0.39 is 0 Å². The molecule has 0 aliphatic carbocycles. The standard InChI is InChI=1S/C16H21N3O/c1-12-7-5-6-8-15(12)20-10-9-19(4)16-17-13(2)11-14(3)18-16/h5-8,11H,9-10H2,1-4H3. The van der Waals surface area contributed by atoms with E-state index in [1.807, 2.05) is 63.1 Å². The van der Waals surface area contributed by atoms with E-state index in [1.54, 1.807) is 0 Å². The zero-order valence-electron chi connectivity index (χ0n) is 12.6. The second-order valence-corrected chi connectivity index (χ2v) is 4.99. The van der Waals surface area contributed by atoms with Gasteiger partial charge in [-0.2, -0.15) is 0 Å². The molecule has 0 bridgehead atoms. The molecular weight excluding hydrogens is 250 g/mol. The summed E-state index contributed by atoms with van der Waals surface area (Å²) >= 11 is 0. The van der Waals surface area contributed by atoms with E-state index in [4.69, 9.17) is 4.74 Å². The minimum Gasteiger partial charge on any atom is -0.491 e. The Hall–Kier alpha value is -2.10. The van der Waals surface area contributed by atoms with E-state index in [2.05, 4.69) is 9.97 Å². The zero-order chi connectivity index (χ0) is 14.5. The second-order valence-electron chi connectivity index (χ2n) is 4.99. The number of benzene rings is 1. The van der Waals surface area contributed by atoms with Crippen LogP contribution in [0.4, 0.5) is 5.95 Å². The van der Waals surface area contributed by atoms with Crippen molar-refractivity contribution in [3.8, 4) is 5.75 Å². The van der Waals surface area contributed by atoms with Gasteiger partial charge in [-0.1, -0.05) is 18.2 Å². The largest absolute Gasteiger partial charge is 0.491 e. The van der Waals surface area contributed by atoms with Crippen LogP contribution in [0.2, 0.25) is 0 Å². The summed E-state index contributed by atoms with van der Waals surface area (Å²) in [5.41, 5.74) is 3.12. The Bertz CT molecular complexity index is 563. The van der Waals surface area contributed by atoms with Gasteiger partial charge in [-0.15, -0.1) is 0 Å². The van der Waals surface area contributed by atoms with Crippen molar-refractivity contribution in [3.05, 3.63) is 47.3 Å². The molecule has 4 nitrogen and oxygen atoms in total.